The molecule has 0 saturated carbocycles. The molecule has 35 heavy (non-hydrogen) atoms. The molecule has 1 atom stereocenters. The second-order valence-corrected chi connectivity index (χ2v) is 8.87. The number of aromatic nitrogens is 2. The first-order valence-corrected chi connectivity index (χ1v) is 11.2. The van der Waals surface area contributed by atoms with Crippen LogP contribution in [0.25, 0.3) is 22.5 Å². The summed E-state index contributed by atoms with van der Waals surface area (Å²) in [6.45, 7) is 2.30. The van der Waals surface area contributed by atoms with Gasteiger partial charge in [0.15, 0.2) is 0 Å². The van der Waals surface area contributed by atoms with Gasteiger partial charge in [0.05, 0.1) is 6.61 Å². The van der Waals surface area contributed by atoms with Crippen molar-refractivity contribution >= 4 is 23.0 Å². The van der Waals surface area contributed by atoms with Crippen LogP contribution < -0.4 is 0 Å². The summed E-state index contributed by atoms with van der Waals surface area (Å²) in [5.41, 5.74) is 3.89. The van der Waals surface area contributed by atoms with Crippen LogP contribution in [0, 0.1) is 5.41 Å². The molecule has 0 saturated heterocycles. The lowest BCUT2D eigenvalue weighted by atomic mass is 9.71. The summed E-state index contributed by atoms with van der Waals surface area (Å²) in [6.07, 6.45) is 4.73. The average molecular weight is 474 g/mol. The van der Waals surface area contributed by atoms with Crippen LogP contribution in [-0.2, 0) is 9.53 Å². The Morgan fingerprint density at radius 1 is 1.11 bits per heavy atom. The number of allylic oxidation sites excluding steroid dienone is 3. The number of benzene rings is 2. The minimum absolute atomic E-state index is 0.282. The number of carboxylic acid groups (broad SMARTS) is 1. The van der Waals surface area contributed by atoms with Gasteiger partial charge < -0.3 is 19.3 Å². The molecule has 0 bridgehead atoms. The minimum Gasteiger partial charge on any atom is -0.480 e. The molecule has 0 fully saturated rings. The largest absolute Gasteiger partial charge is 0.480 e. The quantitative estimate of drug-likeness (QED) is 0.516. The van der Waals surface area contributed by atoms with E-state index in [1.54, 1.807) is 31.4 Å². The molecule has 0 aliphatic heterocycles. The second kappa shape index (κ2) is 10.1. The number of methoxy groups -OCH3 is 1. The van der Waals surface area contributed by atoms with Gasteiger partial charge in [-0.1, -0.05) is 66.7 Å². The van der Waals surface area contributed by atoms with E-state index in [0.29, 0.717) is 35.9 Å². The molecule has 1 aliphatic rings. The van der Waals surface area contributed by atoms with Crippen LogP contribution in [-0.4, -0.2) is 59.3 Å². The highest BCUT2D eigenvalue weighted by Crippen LogP contribution is 2.45. The van der Waals surface area contributed by atoms with Crippen molar-refractivity contribution in [3.63, 3.8) is 0 Å². The standard InChI is InChI=1S/C27H27N3O5/c1-27(17-34-3)15-21(12-13-22(27)18-8-5-4-6-9-18)25-28-24(29-35-25)19-10-7-11-20(14-19)26(33)30(2)16-23(31)32/h4-14H,15-17H2,1-3H3,(H,31,32). The maximum absolute atomic E-state index is 12.6. The zero-order valence-corrected chi connectivity index (χ0v) is 19.9. The molecular weight excluding hydrogens is 446 g/mol. The lowest BCUT2D eigenvalue weighted by Crippen LogP contribution is -2.31. The number of nitrogens with zero attached hydrogens (tertiary/aromatic N) is 3. The van der Waals surface area contributed by atoms with Crippen molar-refractivity contribution in [1.82, 2.24) is 15.0 Å². The van der Waals surface area contributed by atoms with E-state index in [1.807, 2.05) is 24.3 Å². The normalized spacial score (nSPS) is 17.5. The lowest BCUT2D eigenvalue weighted by Gasteiger charge is -2.34. The Balaban J connectivity index is 1.61. The van der Waals surface area contributed by atoms with Gasteiger partial charge in [-0.2, -0.15) is 4.98 Å². The first kappa shape index (κ1) is 24.1. The number of carbonyl (C=O) groups is 2. The van der Waals surface area contributed by atoms with E-state index in [4.69, 9.17) is 14.4 Å². The van der Waals surface area contributed by atoms with E-state index in [-0.39, 0.29) is 12.0 Å². The molecule has 1 heterocycles. The first-order valence-electron chi connectivity index (χ1n) is 11.2. The third kappa shape index (κ3) is 5.22. The van der Waals surface area contributed by atoms with Crippen LogP contribution in [0.3, 0.4) is 0 Å². The van der Waals surface area contributed by atoms with Gasteiger partial charge in [0.25, 0.3) is 11.8 Å². The zero-order chi connectivity index (χ0) is 25.0. The number of likely N-dealkylation sites (N-methyl/N-ethyl adjacent to an activating group) is 1. The van der Waals surface area contributed by atoms with Crippen molar-refractivity contribution in [1.29, 1.82) is 0 Å². The molecular formula is C27H27N3O5. The summed E-state index contributed by atoms with van der Waals surface area (Å²) in [6, 6.07) is 17.0. The van der Waals surface area contributed by atoms with Crippen LogP contribution in [0.5, 0.6) is 0 Å². The highest BCUT2D eigenvalue weighted by molar-refractivity contribution is 5.96. The number of amides is 1. The van der Waals surface area contributed by atoms with Crippen LogP contribution in [0.15, 0.2) is 71.3 Å². The number of aliphatic carboxylic acids is 1. The zero-order valence-electron chi connectivity index (χ0n) is 19.9. The molecule has 3 aromatic rings. The van der Waals surface area contributed by atoms with E-state index in [2.05, 4.69) is 35.3 Å². The maximum atomic E-state index is 12.6. The van der Waals surface area contributed by atoms with Crippen molar-refractivity contribution in [3.8, 4) is 11.4 Å². The summed E-state index contributed by atoms with van der Waals surface area (Å²) >= 11 is 0. The Bertz CT molecular complexity index is 1290. The van der Waals surface area contributed by atoms with Gasteiger partial charge in [-0.3, -0.25) is 9.59 Å². The highest BCUT2D eigenvalue weighted by Gasteiger charge is 2.35. The Kier molecular flexibility index (Phi) is 6.93. The molecule has 0 radical (unpaired) electrons. The number of rotatable bonds is 8. The van der Waals surface area contributed by atoms with Crippen LogP contribution in [0.1, 0.15) is 35.2 Å². The van der Waals surface area contributed by atoms with Crippen molar-refractivity contribution in [2.45, 2.75) is 13.3 Å². The maximum Gasteiger partial charge on any atom is 0.323 e. The number of hydrogen-bond acceptors (Lipinski definition) is 6. The number of hydrogen-bond donors (Lipinski definition) is 1. The van der Waals surface area contributed by atoms with Gasteiger partial charge in [0, 0.05) is 36.3 Å². The Labute approximate surface area is 203 Å². The van der Waals surface area contributed by atoms with Crippen LogP contribution >= 0.6 is 0 Å². The molecule has 1 N–H and O–H groups in total. The summed E-state index contributed by atoms with van der Waals surface area (Å²) in [5.74, 6) is -0.722. The average Bonchev–Trinajstić information content (AvgIpc) is 3.34. The van der Waals surface area contributed by atoms with Gasteiger partial charge in [-0.15, -0.1) is 0 Å². The fraction of sp³-hybridized carbons (Fsp3) is 0.259. The lowest BCUT2D eigenvalue weighted by molar-refractivity contribution is -0.137. The molecule has 1 unspecified atom stereocenters. The highest BCUT2D eigenvalue weighted by atomic mass is 16.5. The van der Waals surface area contributed by atoms with Gasteiger partial charge in [0.1, 0.15) is 6.54 Å². The summed E-state index contributed by atoms with van der Waals surface area (Å²) in [5, 5.41) is 13.1. The number of ether oxygens (including phenoxy) is 1. The van der Waals surface area contributed by atoms with Crippen molar-refractivity contribution < 1.29 is 24.0 Å². The summed E-state index contributed by atoms with van der Waals surface area (Å²) < 4.78 is 11.2. The number of carbonyl (C=O) groups excluding carboxylic acids is 1. The topological polar surface area (TPSA) is 106 Å². The molecule has 4 rings (SSSR count). The smallest absolute Gasteiger partial charge is 0.323 e. The fourth-order valence-corrected chi connectivity index (χ4v) is 4.37. The van der Waals surface area contributed by atoms with Gasteiger partial charge in [0.2, 0.25) is 5.82 Å². The molecule has 8 heteroatoms. The Morgan fingerprint density at radius 2 is 1.86 bits per heavy atom. The van der Waals surface area contributed by atoms with Crippen molar-refractivity contribution in [2.75, 3.05) is 27.3 Å². The van der Waals surface area contributed by atoms with Crippen molar-refractivity contribution in [2.24, 2.45) is 5.41 Å². The molecule has 1 aromatic heterocycles. The predicted octanol–water partition coefficient (Wildman–Crippen LogP) is 4.42. The van der Waals surface area contributed by atoms with E-state index in [1.165, 1.54) is 12.6 Å². The van der Waals surface area contributed by atoms with Gasteiger partial charge in [-0.05, 0) is 29.7 Å². The minimum atomic E-state index is -1.08. The van der Waals surface area contributed by atoms with E-state index in [0.717, 1.165) is 16.0 Å². The van der Waals surface area contributed by atoms with Crippen LogP contribution in [0.2, 0.25) is 0 Å². The van der Waals surface area contributed by atoms with Crippen molar-refractivity contribution in [3.05, 3.63) is 83.8 Å². The third-order valence-corrected chi connectivity index (χ3v) is 6.02. The molecule has 8 nitrogen and oxygen atoms in total. The Morgan fingerprint density at radius 3 is 2.57 bits per heavy atom. The van der Waals surface area contributed by atoms with Crippen LogP contribution in [0.4, 0.5) is 0 Å². The summed E-state index contributed by atoms with van der Waals surface area (Å²) in [7, 11) is 3.14. The Hall–Kier alpha value is -4.04. The van der Waals surface area contributed by atoms with Gasteiger partial charge in [-0.25, -0.2) is 0 Å². The van der Waals surface area contributed by atoms with Gasteiger partial charge >= 0.3 is 5.97 Å². The predicted molar refractivity (Wildman–Crippen MR) is 131 cm³/mol. The third-order valence-electron chi connectivity index (χ3n) is 6.02. The first-order chi connectivity index (χ1) is 16.8. The van der Waals surface area contributed by atoms with E-state index in [9.17, 15) is 9.59 Å². The molecule has 180 valence electrons. The monoisotopic (exact) mass is 473 g/mol. The molecule has 2 aromatic carbocycles. The second-order valence-electron chi connectivity index (χ2n) is 8.87. The summed E-state index contributed by atoms with van der Waals surface area (Å²) in [4.78, 5) is 29.2. The van der Waals surface area contributed by atoms with E-state index < -0.39 is 11.9 Å². The SMILES string of the molecule is COCC1(C)CC(c2nc(-c3cccc(C(=O)N(C)CC(=O)O)c3)no2)=CC=C1c1ccccc1. The van der Waals surface area contributed by atoms with E-state index >= 15 is 0 Å². The fourth-order valence-electron chi connectivity index (χ4n) is 4.37. The molecule has 1 aliphatic carbocycles. The number of carboxylic acids is 1. The molecule has 1 amide bonds. The molecule has 0 spiro atoms.